The summed E-state index contributed by atoms with van der Waals surface area (Å²) in [6.45, 7) is 4.73. The van der Waals surface area contributed by atoms with Crippen molar-refractivity contribution in [2.75, 3.05) is 0 Å². The molecule has 7 aromatic carbocycles. The van der Waals surface area contributed by atoms with Gasteiger partial charge >= 0.3 is 0 Å². The van der Waals surface area contributed by atoms with Crippen LogP contribution in [0.1, 0.15) is 25.0 Å². The van der Waals surface area contributed by atoms with Crippen LogP contribution in [0.25, 0.3) is 66.1 Å². The summed E-state index contributed by atoms with van der Waals surface area (Å²) < 4.78 is 0. The lowest BCUT2D eigenvalue weighted by atomic mass is 9.81. The van der Waals surface area contributed by atoms with E-state index in [0.717, 1.165) is 0 Å². The van der Waals surface area contributed by atoms with Crippen LogP contribution in [0.2, 0.25) is 0 Å². The minimum Gasteiger partial charge on any atom is -0.0622 e. The largest absolute Gasteiger partial charge is 0.0622 e. The standard InChI is InChI=1S/C41H30/c1-41(2)39-25-35(27-8-4-3-5-9-27)18-20-37(39)38-21-19-36(26-40(38)41)34-17-16-32-23-31(14-15-33(32)24-34)30-13-12-28-10-6-7-11-29(28)22-30/h3-26H,1-2H3. The Bertz CT molecular complexity index is 2110. The lowest BCUT2D eigenvalue weighted by molar-refractivity contribution is 0.661. The third-order valence-electron chi connectivity index (χ3n) is 9.04. The second-order valence-corrected chi connectivity index (χ2v) is 11.9. The molecule has 0 spiro atoms. The fourth-order valence-electron chi connectivity index (χ4n) is 6.70. The quantitative estimate of drug-likeness (QED) is 0.216. The molecule has 0 fully saturated rings. The van der Waals surface area contributed by atoms with Gasteiger partial charge in [-0.05, 0) is 108 Å². The molecule has 7 aromatic rings. The lowest BCUT2D eigenvalue weighted by Gasteiger charge is -2.22. The van der Waals surface area contributed by atoms with E-state index in [1.807, 2.05) is 0 Å². The highest BCUT2D eigenvalue weighted by atomic mass is 14.4. The first-order valence-corrected chi connectivity index (χ1v) is 14.4. The maximum absolute atomic E-state index is 2.42. The molecule has 0 unspecified atom stereocenters. The summed E-state index contributed by atoms with van der Waals surface area (Å²) >= 11 is 0. The molecular formula is C41H30. The molecule has 0 saturated carbocycles. The minimum absolute atomic E-state index is 0.0585. The molecule has 0 amide bonds. The molecule has 0 radical (unpaired) electrons. The van der Waals surface area contributed by atoms with Gasteiger partial charge in [0.1, 0.15) is 0 Å². The van der Waals surface area contributed by atoms with Crippen molar-refractivity contribution >= 4 is 21.5 Å². The highest BCUT2D eigenvalue weighted by Gasteiger charge is 2.35. The van der Waals surface area contributed by atoms with Crippen molar-refractivity contribution in [1.29, 1.82) is 0 Å². The van der Waals surface area contributed by atoms with Crippen LogP contribution in [0.4, 0.5) is 0 Å². The van der Waals surface area contributed by atoms with Crippen molar-refractivity contribution in [3.8, 4) is 44.5 Å². The van der Waals surface area contributed by atoms with Crippen molar-refractivity contribution in [2.45, 2.75) is 19.3 Å². The first-order valence-electron chi connectivity index (χ1n) is 14.4. The van der Waals surface area contributed by atoms with Gasteiger partial charge in [-0.3, -0.25) is 0 Å². The number of hydrogen-bond donors (Lipinski definition) is 0. The predicted octanol–water partition coefficient (Wildman–Crippen LogP) is 11.3. The van der Waals surface area contributed by atoms with E-state index in [1.54, 1.807) is 0 Å². The Morgan fingerprint density at radius 2 is 0.707 bits per heavy atom. The fourth-order valence-corrected chi connectivity index (χ4v) is 6.70. The van der Waals surface area contributed by atoms with Gasteiger partial charge in [-0.2, -0.15) is 0 Å². The molecule has 1 aliphatic carbocycles. The zero-order chi connectivity index (χ0) is 27.6. The van der Waals surface area contributed by atoms with Gasteiger partial charge in [0.25, 0.3) is 0 Å². The fraction of sp³-hybridized carbons (Fsp3) is 0.0732. The van der Waals surface area contributed by atoms with Gasteiger partial charge in [-0.15, -0.1) is 0 Å². The third-order valence-corrected chi connectivity index (χ3v) is 9.04. The second kappa shape index (κ2) is 9.04. The van der Waals surface area contributed by atoms with Crippen LogP contribution in [0.5, 0.6) is 0 Å². The SMILES string of the molecule is CC1(C)c2cc(-c3ccccc3)ccc2-c2ccc(-c3ccc4cc(-c5ccc6ccccc6c5)ccc4c3)cc21. The van der Waals surface area contributed by atoms with Crippen LogP contribution in [0, 0.1) is 0 Å². The number of benzene rings is 7. The van der Waals surface area contributed by atoms with E-state index in [-0.39, 0.29) is 5.41 Å². The van der Waals surface area contributed by atoms with E-state index in [0.29, 0.717) is 0 Å². The normalized spacial score (nSPS) is 13.3. The van der Waals surface area contributed by atoms with E-state index < -0.39 is 0 Å². The Morgan fingerprint density at radius 3 is 1.27 bits per heavy atom. The average Bonchev–Trinajstić information content (AvgIpc) is 3.26. The maximum Gasteiger partial charge on any atom is 0.0159 e. The molecular weight excluding hydrogens is 492 g/mol. The highest BCUT2D eigenvalue weighted by molar-refractivity contribution is 5.94. The Balaban J connectivity index is 1.15. The van der Waals surface area contributed by atoms with Crippen molar-refractivity contribution in [3.63, 3.8) is 0 Å². The van der Waals surface area contributed by atoms with Crippen molar-refractivity contribution in [3.05, 3.63) is 157 Å². The van der Waals surface area contributed by atoms with E-state index >= 15 is 0 Å². The zero-order valence-corrected chi connectivity index (χ0v) is 23.4. The molecule has 41 heavy (non-hydrogen) atoms. The molecule has 0 nitrogen and oxygen atoms in total. The molecule has 0 N–H and O–H groups in total. The van der Waals surface area contributed by atoms with Gasteiger partial charge < -0.3 is 0 Å². The first kappa shape index (κ1) is 23.9. The van der Waals surface area contributed by atoms with Crippen molar-refractivity contribution < 1.29 is 0 Å². The molecule has 8 rings (SSSR count). The molecule has 0 aromatic heterocycles. The van der Waals surface area contributed by atoms with Crippen LogP contribution in [0.3, 0.4) is 0 Å². The highest BCUT2D eigenvalue weighted by Crippen LogP contribution is 2.50. The topological polar surface area (TPSA) is 0 Å². The summed E-state index contributed by atoms with van der Waals surface area (Å²) in [6, 6.07) is 53.7. The molecule has 0 saturated heterocycles. The van der Waals surface area contributed by atoms with E-state index in [9.17, 15) is 0 Å². The van der Waals surface area contributed by atoms with E-state index in [4.69, 9.17) is 0 Å². The zero-order valence-electron chi connectivity index (χ0n) is 23.4. The smallest absolute Gasteiger partial charge is 0.0159 e. The van der Waals surface area contributed by atoms with Crippen LogP contribution in [-0.2, 0) is 5.41 Å². The molecule has 0 bridgehead atoms. The molecule has 0 heterocycles. The Hall–Kier alpha value is -4.94. The van der Waals surface area contributed by atoms with Crippen LogP contribution >= 0.6 is 0 Å². The molecule has 194 valence electrons. The molecule has 0 aliphatic heterocycles. The van der Waals surface area contributed by atoms with Gasteiger partial charge in [0.15, 0.2) is 0 Å². The third kappa shape index (κ3) is 3.90. The summed E-state index contributed by atoms with van der Waals surface area (Å²) in [5.41, 5.74) is 13.1. The molecule has 0 atom stereocenters. The van der Waals surface area contributed by atoms with Crippen LogP contribution < -0.4 is 0 Å². The van der Waals surface area contributed by atoms with Crippen molar-refractivity contribution in [1.82, 2.24) is 0 Å². The van der Waals surface area contributed by atoms with Gasteiger partial charge in [0, 0.05) is 5.41 Å². The summed E-state index contributed by atoms with van der Waals surface area (Å²) in [6.07, 6.45) is 0. The van der Waals surface area contributed by atoms with Crippen LogP contribution in [0.15, 0.2) is 146 Å². The van der Waals surface area contributed by atoms with E-state index in [2.05, 4.69) is 159 Å². The second-order valence-electron chi connectivity index (χ2n) is 11.9. The summed E-state index contributed by atoms with van der Waals surface area (Å²) in [4.78, 5) is 0. The maximum atomic E-state index is 2.42. The van der Waals surface area contributed by atoms with Crippen molar-refractivity contribution in [2.24, 2.45) is 0 Å². The van der Waals surface area contributed by atoms with Gasteiger partial charge in [0.2, 0.25) is 0 Å². The lowest BCUT2D eigenvalue weighted by Crippen LogP contribution is -2.15. The van der Waals surface area contributed by atoms with Crippen LogP contribution in [-0.4, -0.2) is 0 Å². The molecule has 0 heteroatoms. The predicted molar refractivity (Wildman–Crippen MR) is 175 cm³/mol. The first-order chi connectivity index (χ1) is 20.0. The number of fused-ring (bicyclic) bond motifs is 5. The Kier molecular flexibility index (Phi) is 5.27. The monoisotopic (exact) mass is 522 g/mol. The summed E-state index contributed by atoms with van der Waals surface area (Å²) in [7, 11) is 0. The van der Waals surface area contributed by atoms with Gasteiger partial charge in [-0.1, -0.05) is 129 Å². The summed E-state index contributed by atoms with van der Waals surface area (Å²) in [5, 5.41) is 5.08. The average molecular weight is 523 g/mol. The van der Waals surface area contributed by atoms with Gasteiger partial charge in [-0.25, -0.2) is 0 Å². The summed E-state index contributed by atoms with van der Waals surface area (Å²) in [5.74, 6) is 0. The van der Waals surface area contributed by atoms with Gasteiger partial charge in [0.05, 0.1) is 0 Å². The van der Waals surface area contributed by atoms with E-state index in [1.165, 1.54) is 77.2 Å². The minimum atomic E-state index is -0.0585. The molecule has 1 aliphatic rings. The Morgan fingerprint density at radius 1 is 0.317 bits per heavy atom. The number of hydrogen-bond acceptors (Lipinski definition) is 0. The Labute approximate surface area is 241 Å². The number of rotatable bonds is 3.